The molecule has 0 radical (unpaired) electrons. The van der Waals surface area contributed by atoms with Crippen LogP contribution < -0.4 is 10.1 Å². The van der Waals surface area contributed by atoms with Crippen molar-refractivity contribution in [2.45, 2.75) is 12.7 Å². The highest BCUT2D eigenvalue weighted by molar-refractivity contribution is 6.35. The van der Waals surface area contributed by atoms with Gasteiger partial charge in [0.05, 0.1) is 15.6 Å². The number of hydrogen-bond acceptors (Lipinski definition) is 5. The predicted octanol–water partition coefficient (Wildman–Crippen LogP) is 5.71. The van der Waals surface area contributed by atoms with E-state index in [-0.39, 0.29) is 29.2 Å². The van der Waals surface area contributed by atoms with E-state index in [0.717, 1.165) is 12.1 Å². The smallest absolute Gasteiger partial charge is 0.416 e. The molecule has 0 saturated carbocycles. The number of ether oxygens (including phenoxy) is 1. The topological polar surface area (TPSA) is 81.9 Å². The molecule has 0 unspecified atom stereocenters. The number of pyridine rings is 1. The number of carbonyl (C=O) groups excluding carboxylic acids is 1. The molecule has 3 heterocycles. The van der Waals surface area contributed by atoms with Crippen molar-refractivity contribution >= 4 is 29.1 Å². The Bertz CT molecular complexity index is 1310. The summed E-state index contributed by atoms with van der Waals surface area (Å²) >= 11 is 12.1. The summed E-state index contributed by atoms with van der Waals surface area (Å²) in [6, 6.07) is 8.93. The van der Waals surface area contributed by atoms with E-state index in [1.54, 1.807) is 18.3 Å². The van der Waals surface area contributed by atoms with Gasteiger partial charge in [0.15, 0.2) is 5.82 Å². The molecule has 174 valence electrons. The molecule has 0 bridgehead atoms. The minimum absolute atomic E-state index is 0.0489. The van der Waals surface area contributed by atoms with Crippen molar-refractivity contribution in [2.75, 3.05) is 0 Å². The molecule has 0 aliphatic heterocycles. The molecule has 34 heavy (non-hydrogen) atoms. The summed E-state index contributed by atoms with van der Waals surface area (Å²) in [5.41, 5.74) is 0.0980. The number of nitrogens with zero attached hydrogens (tertiary/aromatic N) is 4. The summed E-state index contributed by atoms with van der Waals surface area (Å²) in [7, 11) is 0. The lowest BCUT2D eigenvalue weighted by atomic mass is 10.2. The molecule has 12 heteroatoms. The molecular weight excluding hydrogens is 494 g/mol. The summed E-state index contributed by atoms with van der Waals surface area (Å²) < 4.78 is 44.8. The first-order valence-electron chi connectivity index (χ1n) is 9.64. The van der Waals surface area contributed by atoms with Crippen LogP contribution in [0.3, 0.4) is 0 Å². The lowest BCUT2D eigenvalue weighted by Gasteiger charge is -2.11. The molecule has 0 spiro atoms. The van der Waals surface area contributed by atoms with Crippen LogP contribution in [-0.4, -0.2) is 25.4 Å². The van der Waals surface area contributed by atoms with Crippen molar-refractivity contribution in [1.82, 2.24) is 24.8 Å². The van der Waals surface area contributed by atoms with Gasteiger partial charge in [-0.2, -0.15) is 13.2 Å². The lowest BCUT2D eigenvalue weighted by Crippen LogP contribution is -2.25. The Balaban J connectivity index is 1.38. The number of alkyl halides is 3. The Kier molecular flexibility index (Phi) is 6.71. The number of halogens is 5. The molecule has 4 rings (SSSR count). The molecule has 0 fully saturated rings. The van der Waals surface area contributed by atoms with Crippen molar-refractivity contribution < 1.29 is 22.7 Å². The van der Waals surface area contributed by atoms with Gasteiger partial charge in [-0.05, 0) is 42.5 Å². The fraction of sp³-hybridized carbons (Fsp3) is 0.0909. The zero-order chi connectivity index (χ0) is 24.3. The molecule has 0 aliphatic rings. The molecule has 0 saturated heterocycles. The van der Waals surface area contributed by atoms with E-state index in [0.29, 0.717) is 22.1 Å². The van der Waals surface area contributed by atoms with Gasteiger partial charge in [-0.15, -0.1) is 0 Å². The number of aromatic nitrogens is 4. The van der Waals surface area contributed by atoms with Gasteiger partial charge in [0.25, 0.3) is 5.91 Å². The van der Waals surface area contributed by atoms with E-state index >= 15 is 0 Å². The van der Waals surface area contributed by atoms with Crippen LogP contribution in [0.1, 0.15) is 21.6 Å². The zero-order valence-corrected chi connectivity index (χ0v) is 18.6. The molecule has 7 nitrogen and oxygen atoms in total. The maximum absolute atomic E-state index is 12.7. The highest BCUT2D eigenvalue weighted by atomic mass is 35.5. The van der Waals surface area contributed by atoms with Crippen molar-refractivity contribution in [3.8, 4) is 17.6 Å². The second kappa shape index (κ2) is 9.70. The SMILES string of the molecule is O=C(NCc1cnc(Oc2ccc(C(F)(F)F)cc2)nc1)c1cccn1-c1ncc(Cl)cc1Cl. The summed E-state index contributed by atoms with van der Waals surface area (Å²) in [5.74, 6) is 0.126. The average Bonchev–Trinajstić information content (AvgIpc) is 3.28. The van der Waals surface area contributed by atoms with Gasteiger partial charge in [0.2, 0.25) is 0 Å². The van der Waals surface area contributed by atoms with Crippen LogP contribution in [-0.2, 0) is 12.7 Å². The number of benzene rings is 1. The zero-order valence-electron chi connectivity index (χ0n) is 17.1. The van der Waals surface area contributed by atoms with Gasteiger partial charge in [0.1, 0.15) is 11.4 Å². The molecule has 3 aromatic heterocycles. The largest absolute Gasteiger partial charge is 0.424 e. The first-order valence-corrected chi connectivity index (χ1v) is 10.4. The summed E-state index contributed by atoms with van der Waals surface area (Å²) in [4.78, 5) is 24.9. The van der Waals surface area contributed by atoms with Crippen molar-refractivity contribution in [3.63, 3.8) is 0 Å². The first-order chi connectivity index (χ1) is 16.2. The monoisotopic (exact) mass is 507 g/mol. The van der Waals surface area contributed by atoms with Crippen LogP contribution in [0, 0.1) is 0 Å². The van der Waals surface area contributed by atoms with Gasteiger partial charge >= 0.3 is 12.2 Å². The van der Waals surface area contributed by atoms with Gasteiger partial charge in [-0.25, -0.2) is 15.0 Å². The summed E-state index contributed by atoms with van der Waals surface area (Å²) in [6.45, 7) is 0.117. The molecule has 1 amide bonds. The van der Waals surface area contributed by atoms with Gasteiger partial charge in [-0.1, -0.05) is 23.2 Å². The summed E-state index contributed by atoms with van der Waals surface area (Å²) in [5, 5.41) is 3.41. The van der Waals surface area contributed by atoms with Crippen molar-refractivity contribution in [2.24, 2.45) is 0 Å². The maximum Gasteiger partial charge on any atom is 0.416 e. The third-order valence-electron chi connectivity index (χ3n) is 4.52. The van der Waals surface area contributed by atoms with E-state index < -0.39 is 11.7 Å². The number of amides is 1. The Hall–Kier alpha value is -3.63. The normalized spacial score (nSPS) is 11.3. The Morgan fingerprint density at radius 1 is 1.03 bits per heavy atom. The fourth-order valence-corrected chi connectivity index (χ4v) is 3.38. The molecule has 1 aromatic carbocycles. The molecule has 0 atom stereocenters. The Morgan fingerprint density at radius 2 is 1.74 bits per heavy atom. The van der Waals surface area contributed by atoms with E-state index in [2.05, 4.69) is 20.3 Å². The van der Waals surface area contributed by atoms with Gasteiger partial charge < -0.3 is 10.1 Å². The highest BCUT2D eigenvalue weighted by Gasteiger charge is 2.30. The minimum Gasteiger partial charge on any atom is -0.424 e. The van der Waals surface area contributed by atoms with Crippen molar-refractivity contribution in [1.29, 1.82) is 0 Å². The second-order valence-corrected chi connectivity index (χ2v) is 7.75. The Labute approximate surface area is 201 Å². The van der Waals surface area contributed by atoms with E-state index in [1.165, 1.54) is 41.4 Å². The van der Waals surface area contributed by atoms with E-state index in [9.17, 15) is 18.0 Å². The molecule has 4 aromatic rings. The van der Waals surface area contributed by atoms with Crippen LogP contribution in [0.15, 0.2) is 67.3 Å². The first kappa shape index (κ1) is 23.5. The molecule has 1 N–H and O–H groups in total. The third-order valence-corrected chi connectivity index (χ3v) is 5.01. The second-order valence-electron chi connectivity index (χ2n) is 6.90. The lowest BCUT2D eigenvalue weighted by molar-refractivity contribution is -0.137. The van der Waals surface area contributed by atoms with Crippen LogP contribution in [0.25, 0.3) is 5.82 Å². The third kappa shape index (κ3) is 5.46. The van der Waals surface area contributed by atoms with Gasteiger partial charge in [-0.3, -0.25) is 9.36 Å². The fourth-order valence-electron chi connectivity index (χ4n) is 2.91. The van der Waals surface area contributed by atoms with Crippen LogP contribution >= 0.6 is 23.2 Å². The highest BCUT2D eigenvalue weighted by Crippen LogP contribution is 2.31. The minimum atomic E-state index is -4.43. The molecular formula is C22H14Cl2F3N5O2. The van der Waals surface area contributed by atoms with Crippen LogP contribution in [0.5, 0.6) is 11.8 Å². The van der Waals surface area contributed by atoms with Crippen LogP contribution in [0.4, 0.5) is 13.2 Å². The van der Waals surface area contributed by atoms with E-state index in [1.807, 2.05) is 0 Å². The summed E-state index contributed by atoms with van der Waals surface area (Å²) in [6.07, 6.45) is 1.51. The van der Waals surface area contributed by atoms with Gasteiger partial charge in [0, 0.05) is 36.9 Å². The predicted molar refractivity (Wildman–Crippen MR) is 118 cm³/mol. The Morgan fingerprint density at radius 3 is 2.38 bits per heavy atom. The quantitative estimate of drug-likeness (QED) is 0.361. The van der Waals surface area contributed by atoms with E-state index in [4.69, 9.17) is 27.9 Å². The number of hydrogen-bond donors (Lipinski definition) is 1. The van der Waals surface area contributed by atoms with Crippen LogP contribution in [0.2, 0.25) is 10.0 Å². The average molecular weight is 508 g/mol. The molecule has 0 aliphatic carbocycles. The number of carbonyl (C=O) groups is 1. The standard InChI is InChI=1S/C22H14Cl2F3N5O2/c23-15-8-17(24)19(28-12-15)32-7-1-2-18(32)20(33)29-9-13-10-30-21(31-11-13)34-16-5-3-14(4-6-16)22(25,26)27/h1-8,10-12H,9H2,(H,29,33). The maximum atomic E-state index is 12.7. The van der Waals surface area contributed by atoms with Crippen molar-refractivity contribution in [3.05, 3.63) is 94.1 Å². The number of nitrogens with one attached hydrogen (secondary N) is 1. The number of rotatable bonds is 6.